The van der Waals surface area contributed by atoms with E-state index in [-0.39, 0.29) is 11.8 Å². The van der Waals surface area contributed by atoms with E-state index in [9.17, 15) is 4.79 Å². The summed E-state index contributed by atoms with van der Waals surface area (Å²) in [6, 6.07) is -0.271. The lowest BCUT2D eigenvalue weighted by atomic mass is 9.76. The second-order valence-corrected chi connectivity index (χ2v) is 3.80. The van der Waals surface area contributed by atoms with Crippen LogP contribution in [0.2, 0.25) is 0 Å². The third kappa shape index (κ3) is 1.21. The van der Waals surface area contributed by atoms with Crippen molar-refractivity contribution in [3.05, 3.63) is 0 Å². The van der Waals surface area contributed by atoms with Crippen LogP contribution in [0, 0.1) is 5.92 Å². The fourth-order valence-corrected chi connectivity index (χ4v) is 2.42. The highest BCUT2D eigenvalue weighted by Crippen LogP contribution is 2.37. The number of ketones is 1. The zero-order chi connectivity index (χ0) is 9.47. The van der Waals surface area contributed by atoms with Crippen molar-refractivity contribution in [1.29, 1.82) is 0 Å². The molecule has 2 bridgehead atoms. The Labute approximate surface area is 77.6 Å². The lowest BCUT2D eigenvalue weighted by Crippen LogP contribution is -2.67. The second kappa shape index (κ2) is 3.04. The van der Waals surface area contributed by atoms with Crippen LogP contribution >= 0.6 is 0 Å². The molecule has 0 radical (unpaired) electrons. The summed E-state index contributed by atoms with van der Waals surface area (Å²) in [6.07, 6.45) is 1.50. The van der Waals surface area contributed by atoms with E-state index in [0.717, 1.165) is 13.0 Å². The van der Waals surface area contributed by atoms with E-state index in [1.807, 2.05) is 0 Å². The van der Waals surface area contributed by atoms with Gasteiger partial charge in [-0.25, -0.2) is 0 Å². The molecule has 3 aliphatic rings. The van der Waals surface area contributed by atoms with Gasteiger partial charge in [-0.05, 0) is 12.5 Å². The van der Waals surface area contributed by atoms with Crippen LogP contribution in [0.1, 0.15) is 12.8 Å². The summed E-state index contributed by atoms with van der Waals surface area (Å²) in [5.41, 5.74) is 0. The van der Waals surface area contributed by atoms with Crippen LogP contribution < -0.4 is 5.32 Å². The van der Waals surface area contributed by atoms with Gasteiger partial charge < -0.3 is 14.8 Å². The smallest absolute Gasteiger partial charge is 0.190 e. The monoisotopic (exact) mass is 185 g/mol. The minimum atomic E-state index is -0.710. The number of carbonyl (C=O) groups excluding carboxylic acids is 1. The van der Waals surface area contributed by atoms with E-state index in [1.165, 1.54) is 0 Å². The predicted molar refractivity (Wildman–Crippen MR) is 46.3 cm³/mol. The first-order chi connectivity index (χ1) is 6.22. The van der Waals surface area contributed by atoms with Gasteiger partial charge >= 0.3 is 0 Å². The number of piperidine rings is 2. The van der Waals surface area contributed by atoms with E-state index >= 15 is 0 Å². The largest absolute Gasteiger partial charge is 0.351 e. The van der Waals surface area contributed by atoms with Crippen LogP contribution in [-0.4, -0.2) is 38.4 Å². The van der Waals surface area contributed by atoms with E-state index in [1.54, 1.807) is 14.2 Å². The Morgan fingerprint density at radius 2 is 2.15 bits per heavy atom. The normalized spacial score (nSPS) is 36.6. The Hall–Kier alpha value is -0.450. The van der Waals surface area contributed by atoms with Gasteiger partial charge in [-0.2, -0.15) is 0 Å². The molecule has 2 atom stereocenters. The molecule has 0 aromatic rings. The fraction of sp³-hybridized carbons (Fsp3) is 0.889. The van der Waals surface area contributed by atoms with Gasteiger partial charge in [0.2, 0.25) is 0 Å². The highest BCUT2D eigenvalue weighted by atomic mass is 16.7. The first-order valence-corrected chi connectivity index (χ1v) is 4.58. The molecule has 0 spiro atoms. The van der Waals surface area contributed by atoms with Gasteiger partial charge in [0, 0.05) is 27.1 Å². The molecule has 1 aliphatic carbocycles. The molecule has 3 fully saturated rings. The van der Waals surface area contributed by atoms with Crippen LogP contribution in [0.5, 0.6) is 0 Å². The van der Waals surface area contributed by atoms with Gasteiger partial charge in [-0.15, -0.1) is 0 Å². The molecule has 74 valence electrons. The maximum absolute atomic E-state index is 11.6. The van der Waals surface area contributed by atoms with Crippen LogP contribution in [0.25, 0.3) is 0 Å². The van der Waals surface area contributed by atoms with Crippen molar-refractivity contribution in [2.24, 2.45) is 5.92 Å². The number of carbonyl (C=O) groups is 1. The number of hydrogen-bond acceptors (Lipinski definition) is 4. The molecule has 0 aromatic heterocycles. The summed E-state index contributed by atoms with van der Waals surface area (Å²) in [5.74, 6) is -0.123. The number of Topliss-reactive ketones (excluding diaryl/α,β-unsaturated/α-hetero) is 1. The van der Waals surface area contributed by atoms with Crippen molar-refractivity contribution in [2.75, 3.05) is 20.8 Å². The quantitative estimate of drug-likeness (QED) is 0.612. The fourth-order valence-electron chi connectivity index (χ4n) is 2.42. The van der Waals surface area contributed by atoms with E-state index < -0.39 is 5.79 Å². The number of fused-ring (bicyclic) bond motifs is 3. The number of ether oxygens (including phenoxy) is 2. The number of hydrogen-bond donors (Lipinski definition) is 1. The van der Waals surface area contributed by atoms with Crippen molar-refractivity contribution in [2.45, 2.75) is 24.7 Å². The topological polar surface area (TPSA) is 47.6 Å². The maximum Gasteiger partial charge on any atom is 0.190 e. The van der Waals surface area contributed by atoms with Crippen molar-refractivity contribution in [1.82, 2.24) is 5.32 Å². The molecular weight excluding hydrogens is 170 g/mol. The SMILES string of the molecule is COC1(OC)C[C@H]2CN[C@@H]1C(=O)C2. The van der Waals surface area contributed by atoms with Gasteiger partial charge in [-0.1, -0.05) is 0 Å². The van der Waals surface area contributed by atoms with Gasteiger partial charge in [0.25, 0.3) is 0 Å². The minimum Gasteiger partial charge on any atom is -0.351 e. The molecule has 2 saturated heterocycles. The molecule has 1 saturated carbocycles. The molecule has 2 heterocycles. The summed E-state index contributed by atoms with van der Waals surface area (Å²) in [7, 11) is 3.19. The van der Waals surface area contributed by atoms with E-state index in [4.69, 9.17) is 9.47 Å². The number of rotatable bonds is 2. The third-order valence-corrected chi connectivity index (χ3v) is 3.13. The average molecular weight is 185 g/mol. The molecule has 4 heteroatoms. The number of methoxy groups -OCH3 is 2. The molecule has 3 rings (SSSR count). The summed E-state index contributed by atoms with van der Waals surface area (Å²) in [5, 5.41) is 3.16. The molecule has 0 unspecified atom stereocenters. The molecule has 0 aromatic carbocycles. The van der Waals surface area contributed by atoms with E-state index in [2.05, 4.69) is 5.32 Å². The van der Waals surface area contributed by atoms with Crippen molar-refractivity contribution >= 4 is 5.78 Å². The summed E-state index contributed by atoms with van der Waals surface area (Å²) in [4.78, 5) is 11.6. The van der Waals surface area contributed by atoms with Crippen molar-refractivity contribution in [3.63, 3.8) is 0 Å². The Kier molecular flexibility index (Phi) is 2.14. The van der Waals surface area contributed by atoms with Crippen LogP contribution in [-0.2, 0) is 14.3 Å². The second-order valence-electron chi connectivity index (χ2n) is 3.80. The van der Waals surface area contributed by atoms with E-state index in [0.29, 0.717) is 12.3 Å². The molecule has 2 aliphatic heterocycles. The minimum absolute atomic E-state index is 0.214. The van der Waals surface area contributed by atoms with Gasteiger partial charge in [-0.3, -0.25) is 4.79 Å². The molecule has 0 amide bonds. The first kappa shape index (κ1) is 9.12. The van der Waals surface area contributed by atoms with Gasteiger partial charge in [0.1, 0.15) is 6.04 Å². The Morgan fingerprint density at radius 3 is 2.54 bits per heavy atom. The Balaban J connectivity index is 2.26. The molecule has 4 nitrogen and oxygen atoms in total. The standard InChI is InChI=1S/C9H15NO3/c1-12-9(13-2)4-6-3-7(11)8(9)10-5-6/h6,8,10H,3-5H2,1-2H3/t6-,8+/m0/s1. The van der Waals surface area contributed by atoms with Crippen LogP contribution in [0.3, 0.4) is 0 Å². The third-order valence-electron chi connectivity index (χ3n) is 3.13. The molecule has 13 heavy (non-hydrogen) atoms. The highest BCUT2D eigenvalue weighted by Gasteiger charge is 2.52. The Bertz CT molecular complexity index is 225. The van der Waals surface area contributed by atoms with Crippen LogP contribution in [0.4, 0.5) is 0 Å². The van der Waals surface area contributed by atoms with Crippen molar-refractivity contribution in [3.8, 4) is 0 Å². The lowest BCUT2D eigenvalue weighted by molar-refractivity contribution is -0.250. The zero-order valence-corrected chi connectivity index (χ0v) is 8.00. The average Bonchev–Trinajstić information content (AvgIpc) is 2.18. The van der Waals surface area contributed by atoms with Crippen LogP contribution in [0.15, 0.2) is 0 Å². The Morgan fingerprint density at radius 1 is 1.46 bits per heavy atom. The summed E-state index contributed by atoms with van der Waals surface area (Å²) >= 11 is 0. The molecule has 1 N–H and O–H groups in total. The van der Waals surface area contributed by atoms with Gasteiger partial charge in [0.15, 0.2) is 11.6 Å². The zero-order valence-electron chi connectivity index (χ0n) is 8.00. The summed E-state index contributed by atoms with van der Waals surface area (Å²) < 4.78 is 10.7. The maximum atomic E-state index is 11.6. The highest BCUT2D eigenvalue weighted by molar-refractivity contribution is 5.87. The molecular formula is C9H15NO3. The van der Waals surface area contributed by atoms with Gasteiger partial charge in [0.05, 0.1) is 0 Å². The predicted octanol–water partition coefficient (Wildman–Crippen LogP) is -0.0736. The lowest BCUT2D eigenvalue weighted by Gasteiger charge is -2.48. The summed E-state index contributed by atoms with van der Waals surface area (Å²) in [6.45, 7) is 0.908. The first-order valence-electron chi connectivity index (χ1n) is 4.58. The number of nitrogens with one attached hydrogen (secondary N) is 1. The van der Waals surface area contributed by atoms with Crippen molar-refractivity contribution < 1.29 is 14.3 Å².